The third kappa shape index (κ3) is 2.67. The van der Waals surface area contributed by atoms with E-state index < -0.39 is 11.2 Å². The Morgan fingerprint density at radius 2 is 2.00 bits per heavy atom. The first-order valence-corrected chi connectivity index (χ1v) is 5.73. The minimum atomic E-state index is -0.652. The van der Waals surface area contributed by atoms with Crippen molar-refractivity contribution >= 4 is 6.09 Å². The van der Waals surface area contributed by atoms with Gasteiger partial charge in [-0.2, -0.15) is 0 Å². The highest BCUT2D eigenvalue weighted by atomic mass is 16.6. The van der Waals surface area contributed by atoms with Gasteiger partial charge in [0, 0.05) is 19.0 Å². The van der Waals surface area contributed by atoms with Crippen LogP contribution in [0.3, 0.4) is 0 Å². The van der Waals surface area contributed by atoms with Crippen molar-refractivity contribution in [1.82, 2.24) is 4.90 Å². The number of aliphatic hydroxyl groups is 1. The quantitative estimate of drug-likeness (QED) is 0.748. The number of rotatable bonds is 1. The number of amides is 1. The monoisotopic (exact) mass is 229 g/mol. The molecule has 16 heavy (non-hydrogen) atoms. The molecule has 94 valence electrons. The summed E-state index contributed by atoms with van der Waals surface area (Å²) in [6.07, 6.45) is 0.295. The van der Waals surface area contributed by atoms with Crippen LogP contribution in [0.15, 0.2) is 0 Å². The average Bonchev–Trinajstić information content (AvgIpc) is 2.10. The molecule has 0 bridgehead atoms. The van der Waals surface area contributed by atoms with E-state index in [0.29, 0.717) is 6.42 Å². The molecule has 0 spiro atoms. The van der Waals surface area contributed by atoms with Gasteiger partial charge in [-0.1, -0.05) is 6.92 Å². The van der Waals surface area contributed by atoms with Crippen molar-refractivity contribution in [3.63, 3.8) is 0 Å². The van der Waals surface area contributed by atoms with E-state index in [2.05, 4.69) is 0 Å². The third-order valence-corrected chi connectivity index (χ3v) is 3.36. The van der Waals surface area contributed by atoms with Crippen LogP contribution >= 0.6 is 0 Å². The summed E-state index contributed by atoms with van der Waals surface area (Å²) in [4.78, 5) is 13.4. The largest absolute Gasteiger partial charge is 0.444 e. The van der Waals surface area contributed by atoms with Crippen LogP contribution < -0.4 is 0 Å². The van der Waals surface area contributed by atoms with E-state index in [1.54, 1.807) is 18.9 Å². The molecule has 0 radical (unpaired) electrons. The van der Waals surface area contributed by atoms with E-state index in [9.17, 15) is 9.90 Å². The third-order valence-electron chi connectivity index (χ3n) is 3.36. The number of hydrogen-bond acceptors (Lipinski definition) is 3. The van der Waals surface area contributed by atoms with Crippen LogP contribution in [-0.2, 0) is 4.74 Å². The first kappa shape index (κ1) is 13.3. The highest BCUT2D eigenvalue weighted by Crippen LogP contribution is 2.41. The number of carbonyl (C=O) groups excluding carboxylic acids is 1. The Kier molecular flexibility index (Phi) is 3.25. The van der Waals surface area contributed by atoms with Crippen LogP contribution in [0.4, 0.5) is 4.79 Å². The summed E-state index contributed by atoms with van der Waals surface area (Å²) in [6.45, 7) is 9.30. The van der Waals surface area contributed by atoms with Gasteiger partial charge in [-0.25, -0.2) is 4.79 Å². The molecule has 1 aliphatic carbocycles. The topological polar surface area (TPSA) is 49.8 Å². The van der Waals surface area contributed by atoms with Gasteiger partial charge in [0.15, 0.2) is 0 Å². The molecule has 0 aliphatic heterocycles. The lowest BCUT2D eigenvalue weighted by molar-refractivity contribution is -0.124. The molecular formula is C12H23NO3. The van der Waals surface area contributed by atoms with E-state index in [-0.39, 0.29) is 18.1 Å². The molecule has 0 saturated heterocycles. The fourth-order valence-corrected chi connectivity index (χ4v) is 1.98. The molecule has 1 aliphatic rings. The first-order valence-electron chi connectivity index (χ1n) is 5.73. The van der Waals surface area contributed by atoms with Crippen molar-refractivity contribution in [2.45, 2.75) is 58.3 Å². The fraction of sp³-hybridized carbons (Fsp3) is 0.917. The summed E-state index contributed by atoms with van der Waals surface area (Å²) in [6, 6.07) is 0.0739. The van der Waals surface area contributed by atoms with E-state index in [1.165, 1.54) is 0 Å². The minimum absolute atomic E-state index is 0.0739. The van der Waals surface area contributed by atoms with Crippen LogP contribution in [0.25, 0.3) is 0 Å². The second-order valence-electron chi connectivity index (χ2n) is 6.01. The molecule has 1 saturated carbocycles. The Morgan fingerprint density at radius 1 is 1.50 bits per heavy atom. The van der Waals surface area contributed by atoms with Crippen molar-refractivity contribution in [3.05, 3.63) is 0 Å². The molecule has 0 aromatic carbocycles. The Morgan fingerprint density at radius 3 is 2.31 bits per heavy atom. The van der Waals surface area contributed by atoms with Crippen molar-refractivity contribution in [3.8, 4) is 0 Å². The normalized spacial score (nSPS) is 34.2. The molecule has 4 heteroatoms. The maximum absolute atomic E-state index is 11.8. The number of nitrogens with zero attached hydrogens (tertiary/aromatic N) is 1. The van der Waals surface area contributed by atoms with Crippen molar-refractivity contribution < 1.29 is 14.6 Å². The van der Waals surface area contributed by atoms with Crippen LogP contribution in [0.5, 0.6) is 0 Å². The van der Waals surface area contributed by atoms with Gasteiger partial charge >= 0.3 is 6.09 Å². The molecule has 1 rings (SSSR count). The van der Waals surface area contributed by atoms with E-state index in [1.807, 2.05) is 27.7 Å². The molecule has 0 aromatic rings. The van der Waals surface area contributed by atoms with E-state index >= 15 is 0 Å². The van der Waals surface area contributed by atoms with Crippen LogP contribution in [-0.4, -0.2) is 40.4 Å². The Bertz CT molecular complexity index is 280. The zero-order chi connectivity index (χ0) is 12.7. The summed E-state index contributed by atoms with van der Waals surface area (Å²) < 4.78 is 5.28. The summed E-state index contributed by atoms with van der Waals surface area (Å²) in [5.74, 6) is 0.0880. The van der Waals surface area contributed by atoms with E-state index in [4.69, 9.17) is 4.74 Å². The number of carbonyl (C=O) groups is 1. The Balaban J connectivity index is 2.54. The maximum Gasteiger partial charge on any atom is 0.410 e. The number of hydrogen-bond donors (Lipinski definition) is 1. The lowest BCUT2D eigenvalue weighted by atomic mass is 9.67. The van der Waals surface area contributed by atoms with Gasteiger partial charge in [0.2, 0.25) is 0 Å². The minimum Gasteiger partial charge on any atom is -0.444 e. The maximum atomic E-state index is 11.8. The molecule has 4 nitrogen and oxygen atoms in total. The van der Waals surface area contributed by atoms with Crippen LogP contribution in [0.2, 0.25) is 0 Å². The molecule has 3 atom stereocenters. The fourth-order valence-electron chi connectivity index (χ4n) is 1.98. The average molecular weight is 229 g/mol. The highest BCUT2D eigenvalue weighted by Gasteiger charge is 2.49. The van der Waals surface area contributed by atoms with Crippen molar-refractivity contribution in [1.29, 1.82) is 0 Å². The van der Waals surface area contributed by atoms with Gasteiger partial charge < -0.3 is 14.7 Å². The smallest absolute Gasteiger partial charge is 0.410 e. The summed E-state index contributed by atoms with van der Waals surface area (Å²) >= 11 is 0. The lowest BCUT2D eigenvalue weighted by Gasteiger charge is -2.51. The molecule has 0 aromatic heterocycles. The zero-order valence-electron chi connectivity index (χ0n) is 11.1. The molecule has 3 unspecified atom stereocenters. The Hall–Kier alpha value is -0.770. The Labute approximate surface area is 97.6 Å². The summed E-state index contributed by atoms with van der Waals surface area (Å²) in [5, 5.41) is 9.84. The molecule has 1 N–H and O–H groups in total. The van der Waals surface area contributed by atoms with Crippen molar-refractivity contribution in [2.24, 2.45) is 5.92 Å². The zero-order valence-corrected chi connectivity index (χ0v) is 11.1. The standard InChI is InChI=1S/C12H23NO3/c1-8-9(7-12(8,5)15)13(6)10(14)16-11(2,3)4/h8-9,15H,7H2,1-6H3. The molecule has 1 fully saturated rings. The van der Waals surface area contributed by atoms with Gasteiger partial charge in [0.05, 0.1) is 5.60 Å². The predicted molar refractivity (Wildman–Crippen MR) is 62.2 cm³/mol. The summed E-state index contributed by atoms with van der Waals surface area (Å²) in [7, 11) is 1.73. The molecule has 1 amide bonds. The SMILES string of the molecule is CC1C(N(C)C(=O)OC(C)(C)C)CC1(C)O. The highest BCUT2D eigenvalue weighted by molar-refractivity contribution is 5.68. The lowest BCUT2D eigenvalue weighted by Crippen LogP contribution is -2.61. The summed E-state index contributed by atoms with van der Waals surface area (Å²) in [5.41, 5.74) is -1.12. The second kappa shape index (κ2) is 3.91. The molecular weight excluding hydrogens is 206 g/mol. The van der Waals surface area contributed by atoms with E-state index in [0.717, 1.165) is 0 Å². The van der Waals surface area contributed by atoms with Crippen LogP contribution in [0, 0.1) is 5.92 Å². The first-order chi connectivity index (χ1) is 7.04. The predicted octanol–water partition coefficient (Wildman–Crippen LogP) is 2.01. The van der Waals surface area contributed by atoms with Gasteiger partial charge in [-0.05, 0) is 34.1 Å². The van der Waals surface area contributed by atoms with Gasteiger partial charge in [0.25, 0.3) is 0 Å². The van der Waals surface area contributed by atoms with Crippen LogP contribution in [0.1, 0.15) is 41.0 Å². The van der Waals surface area contributed by atoms with Crippen molar-refractivity contribution in [2.75, 3.05) is 7.05 Å². The molecule has 0 heterocycles. The van der Waals surface area contributed by atoms with Gasteiger partial charge in [-0.3, -0.25) is 0 Å². The van der Waals surface area contributed by atoms with Gasteiger partial charge in [0.1, 0.15) is 5.60 Å². The number of ether oxygens (including phenoxy) is 1. The second-order valence-corrected chi connectivity index (χ2v) is 6.01. The van der Waals surface area contributed by atoms with Gasteiger partial charge in [-0.15, -0.1) is 0 Å².